The van der Waals surface area contributed by atoms with Crippen LogP contribution in [-0.2, 0) is 24.4 Å². The molecule has 2 aromatic heterocycles. The summed E-state index contributed by atoms with van der Waals surface area (Å²) in [7, 11) is 0. The van der Waals surface area contributed by atoms with Gasteiger partial charge in [0.1, 0.15) is 29.8 Å². The molecule has 5 nitrogen and oxygen atoms in total. The van der Waals surface area contributed by atoms with Crippen molar-refractivity contribution in [1.82, 2.24) is 9.97 Å². The van der Waals surface area contributed by atoms with Gasteiger partial charge in [-0.05, 0) is 71.8 Å². The van der Waals surface area contributed by atoms with Gasteiger partial charge >= 0.3 is 0 Å². The number of hydrogen-bond donors (Lipinski definition) is 0. The highest BCUT2D eigenvalue weighted by molar-refractivity contribution is 5.94. The SMILES string of the molecule is O=C(Cc1ccc(F)cc1F)N(Cc1cccnc1)c1ccc(OCc2ccc3cc(F)ccc3n2)cc1. The lowest BCUT2D eigenvalue weighted by Crippen LogP contribution is -2.32. The molecule has 1 amide bonds. The van der Waals surface area contributed by atoms with Crippen molar-refractivity contribution >= 4 is 22.5 Å². The van der Waals surface area contributed by atoms with Gasteiger partial charge in [0.15, 0.2) is 0 Å². The van der Waals surface area contributed by atoms with Crippen LogP contribution in [0.15, 0.2) is 97.3 Å². The van der Waals surface area contributed by atoms with Crippen LogP contribution in [-0.4, -0.2) is 15.9 Å². The Morgan fingerprint density at radius 3 is 2.42 bits per heavy atom. The quantitative estimate of drug-likeness (QED) is 0.241. The van der Waals surface area contributed by atoms with Gasteiger partial charge in [0.2, 0.25) is 5.91 Å². The molecule has 0 saturated carbocycles. The van der Waals surface area contributed by atoms with Crippen LogP contribution in [0.2, 0.25) is 0 Å². The second kappa shape index (κ2) is 11.1. The van der Waals surface area contributed by atoms with E-state index in [1.165, 1.54) is 23.1 Å². The zero-order chi connectivity index (χ0) is 26.5. The first kappa shape index (κ1) is 25.0. The Morgan fingerprint density at radius 1 is 0.868 bits per heavy atom. The van der Waals surface area contributed by atoms with Gasteiger partial charge in [-0.3, -0.25) is 9.78 Å². The smallest absolute Gasteiger partial charge is 0.231 e. The number of halogens is 3. The predicted octanol–water partition coefficient (Wildman–Crippen LogP) is 6.40. The van der Waals surface area contributed by atoms with Gasteiger partial charge in [-0.15, -0.1) is 0 Å². The molecule has 3 aromatic carbocycles. The Balaban J connectivity index is 1.32. The maximum absolute atomic E-state index is 14.2. The highest BCUT2D eigenvalue weighted by Gasteiger charge is 2.19. The average Bonchev–Trinajstić information content (AvgIpc) is 2.93. The number of rotatable bonds is 8. The van der Waals surface area contributed by atoms with E-state index in [4.69, 9.17) is 4.74 Å². The topological polar surface area (TPSA) is 55.3 Å². The van der Waals surface area contributed by atoms with Gasteiger partial charge in [-0.2, -0.15) is 0 Å². The van der Waals surface area contributed by atoms with Gasteiger partial charge in [0.25, 0.3) is 0 Å². The molecule has 5 rings (SSSR count). The van der Waals surface area contributed by atoms with Crippen molar-refractivity contribution in [2.45, 2.75) is 19.6 Å². The molecule has 0 spiro atoms. The number of carbonyl (C=O) groups is 1. The number of anilines is 1. The van der Waals surface area contributed by atoms with Crippen LogP contribution in [0.5, 0.6) is 5.75 Å². The third kappa shape index (κ3) is 5.98. The Hall–Kier alpha value is -4.72. The molecule has 5 aromatic rings. The van der Waals surface area contributed by atoms with E-state index < -0.39 is 11.6 Å². The van der Waals surface area contributed by atoms with Gasteiger partial charge in [-0.25, -0.2) is 18.2 Å². The minimum atomic E-state index is -0.768. The molecular formula is C30H22F3N3O2. The summed E-state index contributed by atoms with van der Waals surface area (Å²) in [6, 6.07) is 21.7. The maximum Gasteiger partial charge on any atom is 0.231 e. The van der Waals surface area contributed by atoms with Crippen molar-refractivity contribution in [1.29, 1.82) is 0 Å². The Bertz CT molecular complexity index is 1580. The van der Waals surface area contributed by atoms with E-state index in [9.17, 15) is 18.0 Å². The molecule has 38 heavy (non-hydrogen) atoms. The van der Waals surface area contributed by atoms with Crippen LogP contribution >= 0.6 is 0 Å². The summed E-state index contributed by atoms with van der Waals surface area (Å²) < 4.78 is 46.8. The molecule has 0 fully saturated rings. The summed E-state index contributed by atoms with van der Waals surface area (Å²) in [6.07, 6.45) is 3.06. The van der Waals surface area contributed by atoms with Crippen LogP contribution < -0.4 is 9.64 Å². The molecule has 0 unspecified atom stereocenters. The first-order valence-corrected chi connectivity index (χ1v) is 11.9. The number of benzene rings is 3. The molecule has 0 atom stereocenters. The molecule has 0 saturated heterocycles. The van der Waals surface area contributed by atoms with Crippen molar-refractivity contribution in [2.75, 3.05) is 4.90 Å². The van der Waals surface area contributed by atoms with E-state index in [1.54, 1.807) is 60.9 Å². The van der Waals surface area contributed by atoms with Crippen LogP contribution in [0.25, 0.3) is 10.9 Å². The molecule has 0 aliphatic heterocycles. The number of aromatic nitrogens is 2. The van der Waals surface area contributed by atoms with E-state index in [0.717, 1.165) is 17.7 Å². The van der Waals surface area contributed by atoms with E-state index >= 15 is 0 Å². The number of carbonyl (C=O) groups excluding carboxylic acids is 1. The normalized spacial score (nSPS) is 10.9. The number of amides is 1. The summed E-state index contributed by atoms with van der Waals surface area (Å²) >= 11 is 0. The van der Waals surface area contributed by atoms with Crippen molar-refractivity contribution in [3.05, 3.63) is 132 Å². The van der Waals surface area contributed by atoms with Gasteiger partial charge in [0.05, 0.1) is 24.2 Å². The van der Waals surface area contributed by atoms with E-state index in [-0.39, 0.29) is 36.9 Å². The molecule has 0 aliphatic rings. The summed E-state index contributed by atoms with van der Waals surface area (Å²) in [5.74, 6) is -1.58. The van der Waals surface area contributed by atoms with Gasteiger partial charge < -0.3 is 9.64 Å². The number of fused-ring (bicyclic) bond motifs is 1. The Kier molecular flexibility index (Phi) is 7.31. The number of pyridine rings is 2. The van der Waals surface area contributed by atoms with Crippen molar-refractivity contribution < 1.29 is 22.7 Å². The average molecular weight is 514 g/mol. The maximum atomic E-state index is 14.2. The first-order chi connectivity index (χ1) is 18.4. The second-order valence-corrected chi connectivity index (χ2v) is 8.68. The van der Waals surface area contributed by atoms with E-state index in [1.807, 2.05) is 6.07 Å². The lowest BCUT2D eigenvalue weighted by atomic mass is 10.1. The number of hydrogen-bond acceptors (Lipinski definition) is 4. The lowest BCUT2D eigenvalue weighted by Gasteiger charge is -2.23. The molecule has 0 aliphatic carbocycles. The van der Waals surface area contributed by atoms with E-state index in [0.29, 0.717) is 28.0 Å². The number of nitrogens with zero attached hydrogens (tertiary/aromatic N) is 3. The van der Waals surface area contributed by atoms with E-state index in [2.05, 4.69) is 9.97 Å². The van der Waals surface area contributed by atoms with Crippen LogP contribution in [0.4, 0.5) is 18.9 Å². The Labute approximate surface area is 217 Å². The molecular weight excluding hydrogens is 491 g/mol. The van der Waals surface area contributed by atoms with Crippen molar-refractivity contribution in [3.63, 3.8) is 0 Å². The minimum absolute atomic E-state index is 0.109. The van der Waals surface area contributed by atoms with Crippen molar-refractivity contribution in [2.24, 2.45) is 0 Å². The largest absolute Gasteiger partial charge is 0.487 e. The molecule has 0 radical (unpaired) electrons. The van der Waals surface area contributed by atoms with Gasteiger partial charge in [-0.1, -0.05) is 18.2 Å². The predicted molar refractivity (Wildman–Crippen MR) is 138 cm³/mol. The third-order valence-corrected chi connectivity index (χ3v) is 5.97. The van der Waals surface area contributed by atoms with Crippen LogP contribution in [0, 0.1) is 17.5 Å². The minimum Gasteiger partial charge on any atom is -0.487 e. The first-order valence-electron chi connectivity index (χ1n) is 11.9. The second-order valence-electron chi connectivity index (χ2n) is 8.68. The zero-order valence-electron chi connectivity index (χ0n) is 20.2. The lowest BCUT2D eigenvalue weighted by molar-refractivity contribution is -0.118. The Morgan fingerprint density at radius 2 is 1.66 bits per heavy atom. The summed E-state index contributed by atoms with van der Waals surface area (Å²) in [4.78, 5) is 23.4. The molecule has 190 valence electrons. The third-order valence-electron chi connectivity index (χ3n) is 5.97. The summed E-state index contributed by atoms with van der Waals surface area (Å²) in [6.45, 7) is 0.423. The number of ether oxygens (including phenoxy) is 1. The van der Waals surface area contributed by atoms with Crippen LogP contribution in [0.3, 0.4) is 0 Å². The van der Waals surface area contributed by atoms with Gasteiger partial charge in [0, 0.05) is 29.5 Å². The fourth-order valence-corrected chi connectivity index (χ4v) is 4.02. The zero-order valence-corrected chi connectivity index (χ0v) is 20.2. The van der Waals surface area contributed by atoms with Crippen LogP contribution in [0.1, 0.15) is 16.8 Å². The highest BCUT2D eigenvalue weighted by Crippen LogP contribution is 2.24. The van der Waals surface area contributed by atoms with Crippen molar-refractivity contribution in [3.8, 4) is 5.75 Å². The molecule has 0 bridgehead atoms. The highest BCUT2D eigenvalue weighted by atomic mass is 19.1. The monoisotopic (exact) mass is 513 g/mol. The summed E-state index contributed by atoms with van der Waals surface area (Å²) in [5.41, 5.74) is 2.84. The molecule has 0 N–H and O–H groups in total. The molecule has 8 heteroatoms. The molecule has 2 heterocycles. The fraction of sp³-hybridized carbons (Fsp3) is 0.100. The standard InChI is InChI=1S/C30H22F3N3O2/c31-23-6-12-29-22(14-23)4-7-25(35-29)19-38-27-10-8-26(9-11-27)36(18-20-2-1-13-34-17-20)30(37)15-21-3-5-24(32)16-28(21)33/h1-14,16-17H,15,18-19H2. The fourth-order valence-electron chi connectivity index (χ4n) is 4.02. The summed E-state index contributed by atoms with van der Waals surface area (Å²) in [5, 5.41) is 0.706.